The van der Waals surface area contributed by atoms with E-state index in [1.807, 2.05) is 23.6 Å². The number of hydrogen-bond donors (Lipinski definition) is 0. The number of pyridine rings is 1. The van der Waals surface area contributed by atoms with Crippen molar-refractivity contribution in [2.24, 2.45) is 0 Å². The molecule has 0 saturated carbocycles. The maximum absolute atomic E-state index is 5.54. The fourth-order valence-electron chi connectivity index (χ4n) is 9.98. The van der Waals surface area contributed by atoms with Crippen LogP contribution in [-0.2, 0) is 5.41 Å². The molecule has 0 bridgehead atoms. The second-order valence-electron chi connectivity index (χ2n) is 16.8. The smallest absolute Gasteiger partial charge is 0.160 e. The van der Waals surface area contributed by atoms with Gasteiger partial charge in [0.05, 0.1) is 27.9 Å². The normalized spacial score (nSPS) is 13.2. The number of rotatable bonds is 4. The van der Waals surface area contributed by atoms with E-state index >= 15 is 0 Å². The Morgan fingerprint density at radius 1 is 0.492 bits per heavy atom. The minimum absolute atomic E-state index is 0.393. The summed E-state index contributed by atoms with van der Waals surface area (Å²) in [4.78, 5) is 15.9. The molecule has 12 aromatic rings. The zero-order chi connectivity index (χ0) is 40.4. The Kier molecular flexibility index (Phi) is 7.20. The molecule has 0 saturated heterocycles. The van der Waals surface area contributed by atoms with E-state index < -0.39 is 5.41 Å². The molecule has 286 valence electrons. The summed E-state index contributed by atoms with van der Waals surface area (Å²) in [6.07, 6.45) is 1.88. The molecule has 0 aliphatic heterocycles. The number of fused-ring (bicyclic) bond motifs is 11. The third-order valence-corrected chi connectivity index (χ3v) is 14.1. The average Bonchev–Trinajstić information content (AvgIpc) is 3.92. The van der Waals surface area contributed by atoms with E-state index in [0.29, 0.717) is 0 Å². The summed E-state index contributed by atoms with van der Waals surface area (Å²) >= 11 is 1.84. The highest BCUT2D eigenvalue weighted by Gasteiger charge is 2.40. The van der Waals surface area contributed by atoms with E-state index in [1.165, 1.54) is 63.9 Å². The van der Waals surface area contributed by atoms with Gasteiger partial charge in [0.15, 0.2) is 5.82 Å². The zero-order valence-corrected chi connectivity index (χ0v) is 34.3. The number of benzene rings is 8. The summed E-state index contributed by atoms with van der Waals surface area (Å²) in [5.41, 5.74) is 14.0. The molecule has 61 heavy (non-hydrogen) atoms. The Bertz CT molecular complexity index is 3790. The van der Waals surface area contributed by atoms with Gasteiger partial charge in [0.1, 0.15) is 0 Å². The van der Waals surface area contributed by atoms with E-state index in [-0.39, 0.29) is 0 Å². The van der Waals surface area contributed by atoms with Crippen molar-refractivity contribution in [1.82, 2.24) is 19.5 Å². The van der Waals surface area contributed by atoms with E-state index in [1.54, 1.807) is 0 Å². The van der Waals surface area contributed by atoms with Gasteiger partial charge in [0.2, 0.25) is 0 Å². The summed E-state index contributed by atoms with van der Waals surface area (Å²) in [7, 11) is 0. The quantitative estimate of drug-likeness (QED) is 0.178. The SMILES string of the molecule is CC1(C)c2cc(-c3cccc4cccnc34)ccc2-c2c(-c3ccc4sc5ccccc5c4c3)nc(-c3ccc(-n4c5ccccc5c5cc6ccccc6cc54)cc3)nc21. The highest BCUT2D eigenvalue weighted by atomic mass is 32.1. The van der Waals surface area contributed by atoms with Crippen LogP contribution in [0.3, 0.4) is 0 Å². The molecule has 0 unspecified atom stereocenters. The van der Waals surface area contributed by atoms with Crippen LogP contribution in [0.2, 0.25) is 0 Å². The second-order valence-corrected chi connectivity index (χ2v) is 17.9. The molecule has 1 aliphatic rings. The van der Waals surface area contributed by atoms with E-state index in [2.05, 4.69) is 188 Å². The molecule has 0 atom stereocenters. The average molecular weight is 797 g/mol. The van der Waals surface area contributed by atoms with Crippen molar-refractivity contribution in [2.75, 3.05) is 0 Å². The number of para-hydroxylation sites is 2. The Hall–Kier alpha value is -7.47. The van der Waals surface area contributed by atoms with E-state index in [0.717, 1.165) is 61.6 Å². The van der Waals surface area contributed by atoms with Crippen LogP contribution in [0.25, 0.3) is 114 Å². The van der Waals surface area contributed by atoms with Crippen LogP contribution < -0.4 is 0 Å². The van der Waals surface area contributed by atoms with E-state index in [4.69, 9.17) is 15.0 Å². The van der Waals surface area contributed by atoms with Crippen LogP contribution in [0, 0.1) is 0 Å². The van der Waals surface area contributed by atoms with Gasteiger partial charge in [0.25, 0.3) is 0 Å². The van der Waals surface area contributed by atoms with Gasteiger partial charge in [0, 0.05) is 75.9 Å². The van der Waals surface area contributed by atoms with Crippen LogP contribution >= 0.6 is 11.3 Å². The second kappa shape index (κ2) is 12.8. The molecular weight excluding hydrogens is 761 g/mol. The Morgan fingerprint density at radius 2 is 1.21 bits per heavy atom. The first-order chi connectivity index (χ1) is 30.0. The van der Waals surface area contributed by atoms with Crippen molar-refractivity contribution < 1.29 is 0 Å². The molecule has 0 fully saturated rings. The van der Waals surface area contributed by atoms with E-state index in [9.17, 15) is 0 Å². The maximum Gasteiger partial charge on any atom is 0.160 e. The van der Waals surface area contributed by atoms with Gasteiger partial charge >= 0.3 is 0 Å². The van der Waals surface area contributed by atoms with Crippen LogP contribution in [0.5, 0.6) is 0 Å². The summed E-state index contributed by atoms with van der Waals surface area (Å²) in [5.74, 6) is 0.725. The molecule has 13 rings (SSSR count). The molecule has 4 nitrogen and oxygen atoms in total. The topological polar surface area (TPSA) is 43.6 Å². The van der Waals surface area contributed by atoms with Gasteiger partial charge in [-0.05, 0) is 100 Å². The Balaban J connectivity index is 1.00. The van der Waals surface area contributed by atoms with Crippen molar-refractivity contribution >= 4 is 75.0 Å². The van der Waals surface area contributed by atoms with Gasteiger partial charge in [-0.15, -0.1) is 11.3 Å². The van der Waals surface area contributed by atoms with Gasteiger partial charge in [-0.25, -0.2) is 9.97 Å². The first-order valence-electron chi connectivity index (χ1n) is 20.8. The molecule has 5 heteroatoms. The predicted octanol–water partition coefficient (Wildman–Crippen LogP) is 15.0. The van der Waals surface area contributed by atoms with Crippen molar-refractivity contribution in [1.29, 1.82) is 0 Å². The Labute approximate surface area is 356 Å². The van der Waals surface area contributed by atoms with Crippen molar-refractivity contribution in [3.8, 4) is 50.6 Å². The lowest BCUT2D eigenvalue weighted by Gasteiger charge is -2.22. The van der Waals surface area contributed by atoms with Crippen molar-refractivity contribution in [3.05, 3.63) is 193 Å². The Morgan fingerprint density at radius 3 is 2.10 bits per heavy atom. The minimum Gasteiger partial charge on any atom is -0.309 e. The molecule has 8 aromatic carbocycles. The lowest BCUT2D eigenvalue weighted by molar-refractivity contribution is 0.636. The number of hydrogen-bond acceptors (Lipinski definition) is 4. The monoisotopic (exact) mass is 796 g/mol. The first-order valence-corrected chi connectivity index (χ1v) is 21.7. The highest BCUT2D eigenvalue weighted by molar-refractivity contribution is 7.25. The number of thiophene rings is 1. The maximum atomic E-state index is 5.54. The van der Waals surface area contributed by atoms with Gasteiger partial charge in [-0.2, -0.15) is 0 Å². The molecule has 0 N–H and O–H groups in total. The lowest BCUT2D eigenvalue weighted by atomic mass is 9.83. The van der Waals surface area contributed by atoms with Crippen LogP contribution in [0.15, 0.2) is 182 Å². The fourth-order valence-corrected chi connectivity index (χ4v) is 11.1. The minimum atomic E-state index is -0.393. The summed E-state index contributed by atoms with van der Waals surface area (Å²) < 4.78 is 4.96. The third kappa shape index (κ3) is 5.08. The molecule has 4 aromatic heterocycles. The molecule has 4 heterocycles. The lowest BCUT2D eigenvalue weighted by Crippen LogP contribution is -2.18. The molecule has 0 spiro atoms. The fraction of sp³-hybridized carbons (Fsp3) is 0.0536. The molecule has 1 aliphatic carbocycles. The van der Waals surface area contributed by atoms with Crippen LogP contribution in [0.4, 0.5) is 0 Å². The summed E-state index contributed by atoms with van der Waals surface area (Å²) in [6, 6.07) is 63.9. The largest absolute Gasteiger partial charge is 0.309 e. The van der Waals surface area contributed by atoms with Gasteiger partial charge in [-0.3, -0.25) is 4.98 Å². The van der Waals surface area contributed by atoms with Crippen LogP contribution in [-0.4, -0.2) is 19.5 Å². The molecular formula is C56H36N4S. The van der Waals surface area contributed by atoms with Crippen LogP contribution in [0.1, 0.15) is 25.1 Å². The molecule has 0 radical (unpaired) electrons. The highest BCUT2D eigenvalue weighted by Crippen LogP contribution is 2.53. The molecule has 0 amide bonds. The zero-order valence-electron chi connectivity index (χ0n) is 33.5. The van der Waals surface area contributed by atoms with Gasteiger partial charge in [-0.1, -0.05) is 117 Å². The predicted molar refractivity (Wildman–Crippen MR) is 256 cm³/mol. The summed E-state index contributed by atoms with van der Waals surface area (Å²) in [5, 5.41) is 8.64. The summed E-state index contributed by atoms with van der Waals surface area (Å²) in [6.45, 7) is 4.63. The van der Waals surface area contributed by atoms with Gasteiger partial charge < -0.3 is 4.57 Å². The first kappa shape index (κ1) is 34.4. The third-order valence-electron chi connectivity index (χ3n) is 13.0. The standard InChI is InChI=1S/C56H36N4S/c1-56(2)46-31-37(40-17-9-13-33-14-10-28-57-52(33)40)22-26-43(46)51-53(38-23-27-50-45(30-38)42-16-6-8-19-49(42)61-50)58-55(59-54(51)56)34-20-24-39(25-21-34)60-47-18-7-5-15-41(47)44-29-35-11-3-4-12-36(35)32-48(44)60/h3-32H,1-2H3. The number of nitrogens with zero attached hydrogens (tertiary/aromatic N) is 4. The van der Waals surface area contributed by atoms with Crippen molar-refractivity contribution in [2.45, 2.75) is 19.3 Å². The number of aromatic nitrogens is 4. The van der Waals surface area contributed by atoms with Crippen molar-refractivity contribution in [3.63, 3.8) is 0 Å².